The minimum atomic E-state index is -1.33. The second-order valence-electron chi connectivity index (χ2n) is 20.0. The van der Waals surface area contributed by atoms with Crippen LogP contribution in [0.5, 0.6) is 28.7 Å². The first-order valence-electron chi connectivity index (χ1n) is 25.2. The Hall–Kier alpha value is -4.78. The molecular weight excluding hydrogens is 1090 g/mol. The predicted octanol–water partition coefficient (Wildman–Crippen LogP) is 10.9. The predicted molar refractivity (Wildman–Crippen MR) is 318 cm³/mol. The van der Waals surface area contributed by atoms with Gasteiger partial charge in [-0.2, -0.15) is 0 Å². The summed E-state index contributed by atoms with van der Waals surface area (Å²) in [5, 5.41) is 0. The van der Waals surface area contributed by atoms with Crippen molar-refractivity contribution >= 4 is 64.8 Å². The Morgan fingerprint density at radius 2 is 0.338 bits per heavy atom. The molecule has 0 amide bonds. The van der Waals surface area contributed by atoms with E-state index >= 15 is 0 Å². The molecule has 4 unspecified atom stereocenters. The normalized spacial score (nSPS) is 20.2. The fourth-order valence-corrected chi connectivity index (χ4v) is 18.0. The molecule has 0 spiro atoms. The monoisotopic (exact) mass is 1160 g/mol. The van der Waals surface area contributed by atoms with Crippen LogP contribution < -0.4 is 23.7 Å². The highest BCUT2D eigenvalue weighted by atomic mass is 32.2. The van der Waals surface area contributed by atoms with E-state index in [1.54, 1.807) is 35.5 Å². The number of rotatable bonds is 5. The summed E-state index contributed by atoms with van der Waals surface area (Å²) in [6.07, 6.45) is 0. The van der Waals surface area contributed by atoms with E-state index in [0.717, 1.165) is 106 Å². The molecule has 0 fully saturated rings. The summed E-state index contributed by atoms with van der Waals surface area (Å²) in [5.74, 6) is 6.23. The Bertz CT molecular complexity index is 3350. The molecule has 0 saturated carbocycles. The third-order valence-corrected chi connectivity index (χ3v) is 21.9. The maximum atomic E-state index is 13.9. The van der Waals surface area contributed by atoms with Crippen LogP contribution in [0.2, 0.25) is 0 Å². The minimum absolute atomic E-state index is 0.241. The molecule has 0 radical (unpaired) electrons. The van der Waals surface area contributed by atoms with Crippen LogP contribution in [-0.4, -0.2) is 60.8 Å². The molecule has 0 aromatic heterocycles. The van der Waals surface area contributed by atoms with E-state index in [-0.39, 0.29) is 57.5 Å². The molecule has 414 valence electrons. The summed E-state index contributed by atoms with van der Waals surface area (Å²) in [6.45, 7) is 13.8. The summed E-state index contributed by atoms with van der Waals surface area (Å²) in [4.78, 5) is 0. The average molecular weight is 1160 g/mol. The van der Waals surface area contributed by atoms with E-state index in [0.29, 0.717) is 40.3 Å². The quantitative estimate of drug-likeness (QED) is 0.162. The van der Waals surface area contributed by atoms with Crippen molar-refractivity contribution in [1.82, 2.24) is 0 Å². The van der Waals surface area contributed by atoms with E-state index in [1.807, 2.05) is 109 Å². The summed E-state index contributed by atoms with van der Waals surface area (Å²) in [7, 11) is 0.0547. The lowest BCUT2D eigenvalue weighted by molar-refractivity contribution is 0.410. The Morgan fingerprint density at radius 1 is 0.221 bits per heavy atom. The lowest BCUT2D eigenvalue weighted by atomic mass is 10.0. The standard InChI is InChI=1S/C60H72O11S6/c1-37-14-45-26-74(63)33-52-18-42(6)49(23-59(52)70-11)30-77(66)36-55-19-43(7)50(24-60(55)71-12)31-76(65)35-54-16-40(4)47(21-57(54)68-9)28-72(61)27-46-20-56(67-8)53(15-39(46)3)34-75(64)29-48-22-58(69-10)51(17-41(48)5)32-73(62)25-44(37)13-38(45)2/h13-24H,25-36H2,1-12H3/t72?,73-,74?,75?,76?,77-/m0/s1. The summed E-state index contributed by atoms with van der Waals surface area (Å²) in [5.41, 5.74) is 16.8. The zero-order valence-corrected chi connectivity index (χ0v) is 51.3. The van der Waals surface area contributed by atoms with Gasteiger partial charge in [0.1, 0.15) is 28.7 Å². The van der Waals surface area contributed by atoms with Crippen LogP contribution in [0.1, 0.15) is 106 Å². The molecule has 0 saturated heterocycles. The van der Waals surface area contributed by atoms with E-state index in [2.05, 4.69) is 12.1 Å². The summed E-state index contributed by atoms with van der Waals surface area (Å²) in [6, 6.07) is 23.5. The van der Waals surface area contributed by atoms with Crippen molar-refractivity contribution in [2.45, 2.75) is 118 Å². The van der Waals surface area contributed by atoms with E-state index < -0.39 is 64.8 Å². The van der Waals surface area contributed by atoms with Crippen LogP contribution in [-0.2, 0) is 134 Å². The maximum Gasteiger partial charge on any atom is 0.123 e. The van der Waals surface area contributed by atoms with Crippen molar-refractivity contribution in [2.24, 2.45) is 0 Å². The molecule has 6 atom stereocenters. The van der Waals surface area contributed by atoms with E-state index in [1.165, 1.54) is 0 Å². The first-order chi connectivity index (χ1) is 36.7. The van der Waals surface area contributed by atoms with Gasteiger partial charge in [0.15, 0.2) is 0 Å². The minimum Gasteiger partial charge on any atom is -0.496 e. The van der Waals surface area contributed by atoms with Gasteiger partial charge in [0, 0.05) is 133 Å². The Morgan fingerprint density at radius 3 is 0.481 bits per heavy atom. The van der Waals surface area contributed by atoms with Crippen LogP contribution in [0.15, 0.2) is 72.8 Å². The molecule has 16 aliphatic rings. The van der Waals surface area contributed by atoms with Gasteiger partial charge in [-0.15, -0.1) is 0 Å². The van der Waals surface area contributed by atoms with Gasteiger partial charge in [-0.25, -0.2) is 0 Å². The second-order valence-corrected chi connectivity index (χ2v) is 28.8. The topological polar surface area (TPSA) is 149 Å². The number of hydrogen-bond acceptors (Lipinski definition) is 11. The molecular formula is C60H72O11S6. The zero-order chi connectivity index (χ0) is 55.8. The number of methoxy groups -OCH3 is 5. The second kappa shape index (κ2) is 26.9. The smallest absolute Gasteiger partial charge is 0.123 e. The molecule has 77 heavy (non-hydrogen) atoms. The largest absolute Gasteiger partial charge is 0.496 e. The van der Waals surface area contributed by atoms with Gasteiger partial charge >= 0.3 is 0 Å². The lowest BCUT2D eigenvalue weighted by Gasteiger charge is -2.17. The average Bonchev–Trinajstić information content (AvgIpc) is 3.36. The SMILES string of the molecule is COc1cc2c(C)cc1CS(=O)Cc1cc(OC)c(cc1C)C[S@@](=O)Cc1cc(C)c(cc1C)CS(=O)Cc1cc(C)c(cc1OC)C[S@](=O)Cc1cc(C)c(cc1OC)CS(=O)Cc1cc(C)c(cc1OC)CS(=O)C2. The van der Waals surface area contributed by atoms with Crippen molar-refractivity contribution in [3.8, 4) is 28.7 Å². The molecule has 17 heteroatoms. The highest BCUT2D eigenvalue weighted by molar-refractivity contribution is 7.84. The van der Waals surface area contributed by atoms with Gasteiger partial charge in [0.05, 0.1) is 64.3 Å². The van der Waals surface area contributed by atoms with Gasteiger partial charge in [-0.3, -0.25) is 25.3 Å². The number of benzene rings is 6. The third kappa shape index (κ3) is 15.3. The van der Waals surface area contributed by atoms with Crippen LogP contribution in [0.25, 0.3) is 0 Å². The van der Waals surface area contributed by atoms with Gasteiger partial charge in [-0.05, 0) is 157 Å². The Labute approximate surface area is 470 Å². The molecule has 11 nitrogen and oxygen atoms in total. The Kier molecular flexibility index (Phi) is 20.9. The fraction of sp³-hybridized carbons (Fsp3) is 0.400. The molecule has 16 heterocycles. The molecule has 6 aromatic rings. The summed E-state index contributed by atoms with van der Waals surface area (Å²) >= 11 is 0. The van der Waals surface area contributed by atoms with Crippen LogP contribution in [0, 0.1) is 48.5 Å². The van der Waals surface area contributed by atoms with Gasteiger partial charge in [0.25, 0.3) is 0 Å². The Balaban J connectivity index is 1.18. The third-order valence-electron chi connectivity index (χ3n) is 14.3. The van der Waals surface area contributed by atoms with E-state index in [9.17, 15) is 25.3 Å². The summed E-state index contributed by atoms with van der Waals surface area (Å²) < 4.78 is 112. The van der Waals surface area contributed by atoms with Crippen molar-refractivity contribution in [3.05, 3.63) is 179 Å². The highest BCUT2D eigenvalue weighted by Crippen LogP contribution is 2.34. The molecule has 6 aromatic carbocycles. The van der Waals surface area contributed by atoms with Crippen molar-refractivity contribution in [1.29, 1.82) is 0 Å². The fourth-order valence-electron chi connectivity index (χ4n) is 9.88. The van der Waals surface area contributed by atoms with Gasteiger partial charge < -0.3 is 23.7 Å². The number of ether oxygens (including phenoxy) is 5. The number of aryl methyl sites for hydroxylation is 7. The zero-order valence-electron chi connectivity index (χ0n) is 46.4. The van der Waals surface area contributed by atoms with E-state index in [4.69, 9.17) is 23.7 Å². The molecule has 22 rings (SSSR count). The first kappa shape index (κ1) is 59.9. The van der Waals surface area contributed by atoms with Crippen LogP contribution in [0.4, 0.5) is 0 Å². The van der Waals surface area contributed by atoms with Crippen molar-refractivity contribution in [3.63, 3.8) is 0 Å². The van der Waals surface area contributed by atoms with Crippen molar-refractivity contribution < 1.29 is 48.9 Å². The first-order valence-corrected chi connectivity index (χ1v) is 34.1. The van der Waals surface area contributed by atoms with Gasteiger partial charge in [-0.1, -0.05) is 42.5 Å². The van der Waals surface area contributed by atoms with Crippen LogP contribution in [0.3, 0.4) is 0 Å². The van der Waals surface area contributed by atoms with Crippen molar-refractivity contribution in [2.75, 3.05) is 35.5 Å². The lowest BCUT2D eigenvalue weighted by Crippen LogP contribution is -2.09. The molecule has 12 bridgehead atoms. The molecule has 16 aliphatic heterocycles. The highest BCUT2D eigenvalue weighted by Gasteiger charge is 2.22. The molecule has 0 aliphatic carbocycles. The maximum absolute atomic E-state index is 13.9. The van der Waals surface area contributed by atoms with Crippen LogP contribution >= 0.6 is 0 Å². The number of hydrogen-bond donors (Lipinski definition) is 0. The molecule has 0 N–H and O–H groups in total. The van der Waals surface area contributed by atoms with Gasteiger partial charge in [0.2, 0.25) is 0 Å².